The van der Waals surface area contributed by atoms with Gasteiger partial charge in [-0.25, -0.2) is 4.79 Å². The summed E-state index contributed by atoms with van der Waals surface area (Å²) in [4.78, 5) is 38.0. The lowest BCUT2D eigenvalue weighted by molar-refractivity contribution is -0.141. The number of hydrogen-bond acceptors (Lipinski definition) is 4. The van der Waals surface area contributed by atoms with Crippen LogP contribution in [0.4, 0.5) is 4.79 Å². The van der Waals surface area contributed by atoms with Gasteiger partial charge in [0.25, 0.3) is 0 Å². The van der Waals surface area contributed by atoms with Crippen molar-refractivity contribution in [2.75, 3.05) is 26.2 Å². The van der Waals surface area contributed by atoms with E-state index < -0.39 is 12.1 Å². The number of carbonyl (C=O) groups is 3. The van der Waals surface area contributed by atoms with Gasteiger partial charge in [-0.05, 0) is 40.0 Å². The Morgan fingerprint density at radius 3 is 2.18 bits per heavy atom. The molecule has 3 aliphatic rings. The molecule has 0 radical (unpaired) electrons. The van der Waals surface area contributed by atoms with E-state index in [0.717, 1.165) is 6.42 Å². The molecular formula is C27H30N2O5. The van der Waals surface area contributed by atoms with Crippen molar-refractivity contribution in [1.82, 2.24) is 10.2 Å². The van der Waals surface area contributed by atoms with Crippen molar-refractivity contribution in [2.45, 2.75) is 25.7 Å². The molecule has 2 aromatic rings. The largest absolute Gasteiger partial charge is 0.481 e. The second kappa shape index (κ2) is 9.12. The van der Waals surface area contributed by atoms with Gasteiger partial charge in [0.1, 0.15) is 6.61 Å². The molecule has 3 atom stereocenters. The van der Waals surface area contributed by atoms with E-state index in [4.69, 9.17) is 9.84 Å². The maximum absolute atomic E-state index is 12.7. The van der Waals surface area contributed by atoms with Crippen LogP contribution in [0.3, 0.4) is 0 Å². The topological polar surface area (TPSA) is 95.9 Å². The molecule has 178 valence electrons. The van der Waals surface area contributed by atoms with Crippen molar-refractivity contribution in [3.63, 3.8) is 0 Å². The van der Waals surface area contributed by atoms with Gasteiger partial charge in [-0.15, -0.1) is 0 Å². The Hall–Kier alpha value is -3.35. The molecule has 2 aliphatic carbocycles. The fourth-order valence-corrected chi connectivity index (χ4v) is 5.71. The first-order valence-corrected chi connectivity index (χ1v) is 12.1. The molecule has 7 nitrogen and oxygen atoms in total. The molecular weight excluding hydrogens is 432 g/mol. The second-order valence-electron chi connectivity index (χ2n) is 9.68. The van der Waals surface area contributed by atoms with Crippen molar-refractivity contribution in [3.05, 3.63) is 59.7 Å². The summed E-state index contributed by atoms with van der Waals surface area (Å²) >= 11 is 0. The van der Waals surface area contributed by atoms with E-state index in [1.165, 1.54) is 22.3 Å². The summed E-state index contributed by atoms with van der Waals surface area (Å²) in [6.45, 7) is 3.71. The zero-order valence-electron chi connectivity index (χ0n) is 19.3. The minimum atomic E-state index is -0.749. The van der Waals surface area contributed by atoms with Gasteiger partial charge in [0.2, 0.25) is 5.91 Å². The van der Waals surface area contributed by atoms with Gasteiger partial charge in [0, 0.05) is 32.0 Å². The third-order valence-electron chi connectivity index (χ3n) is 7.75. The summed E-state index contributed by atoms with van der Waals surface area (Å²) in [5, 5.41) is 12.0. The lowest BCUT2D eigenvalue weighted by Crippen LogP contribution is -2.36. The zero-order chi connectivity index (χ0) is 23.8. The highest BCUT2D eigenvalue weighted by atomic mass is 16.5. The lowest BCUT2D eigenvalue weighted by atomic mass is 9.98. The van der Waals surface area contributed by atoms with Gasteiger partial charge < -0.3 is 20.1 Å². The van der Waals surface area contributed by atoms with Crippen LogP contribution < -0.4 is 5.32 Å². The van der Waals surface area contributed by atoms with Crippen LogP contribution in [0.5, 0.6) is 0 Å². The Morgan fingerprint density at radius 2 is 1.62 bits per heavy atom. The van der Waals surface area contributed by atoms with E-state index in [1.54, 1.807) is 4.90 Å². The van der Waals surface area contributed by atoms with Crippen molar-refractivity contribution in [3.8, 4) is 11.1 Å². The van der Waals surface area contributed by atoms with Gasteiger partial charge in [-0.1, -0.05) is 61.9 Å². The molecule has 2 N–H and O–H groups in total. The first-order chi connectivity index (χ1) is 16.5. The number of aliphatic carboxylic acids is 1. The van der Waals surface area contributed by atoms with Crippen LogP contribution in [0, 0.1) is 23.7 Å². The van der Waals surface area contributed by atoms with Crippen molar-refractivity contribution in [2.24, 2.45) is 23.7 Å². The summed E-state index contributed by atoms with van der Waals surface area (Å²) < 4.78 is 5.59. The number of amides is 2. The van der Waals surface area contributed by atoms with Gasteiger partial charge in [0.05, 0.1) is 5.92 Å². The molecule has 1 aliphatic heterocycles. The third-order valence-corrected chi connectivity index (χ3v) is 7.75. The number of ether oxygens (including phenoxy) is 1. The molecule has 2 amide bonds. The van der Waals surface area contributed by atoms with Crippen LogP contribution >= 0.6 is 0 Å². The molecule has 0 bridgehead atoms. The number of piperidine rings is 1. The average molecular weight is 463 g/mol. The number of hydrogen-bond donors (Lipinski definition) is 2. The van der Waals surface area contributed by atoms with E-state index in [2.05, 4.69) is 29.6 Å². The van der Waals surface area contributed by atoms with Crippen LogP contribution in [0.2, 0.25) is 0 Å². The molecule has 1 saturated carbocycles. The fraction of sp³-hybridized carbons (Fsp3) is 0.444. The SMILES string of the molecule is CCC(CNC(=O)OCC1c2ccccc2-c2ccccc21)CC(=O)N1CC2C(C1)C2C(=O)O. The molecule has 0 spiro atoms. The predicted octanol–water partition coefficient (Wildman–Crippen LogP) is 3.73. The highest BCUT2D eigenvalue weighted by Crippen LogP contribution is 2.52. The van der Waals surface area contributed by atoms with Gasteiger partial charge in [0.15, 0.2) is 0 Å². The van der Waals surface area contributed by atoms with Crippen molar-refractivity contribution >= 4 is 18.0 Å². The molecule has 34 heavy (non-hydrogen) atoms. The fourth-order valence-electron chi connectivity index (χ4n) is 5.71. The molecule has 1 heterocycles. The Bertz CT molecular complexity index is 1060. The minimum Gasteiger partial charge on any atom is -0.481 e. The van der Waals surface area contributed by atoms with Gasteiger partial charge in [-0.3, -0.25) is 9.59 Å². The summed E-state index contributed by atoms with van der Waals surface area (Å²) in [5.74, 6) is -0.737. The monoisotopic (exact) mass is 462 g/mol. The van der Waals surface area contributed by atoms with E-state index in [-0.39, 0.29) is 42.1 Å². The van der Waals surface area contributed by atoms with E-state index >= 15 is 0 Å². The number of carboxylic acids is 1. The van der Waals surface area contributed by atoms with E-state index in [0.29, 0.717) is 26.1 Å². The number of likely N-dealkylation sites (tertiary alicyclic amines) is 1. The van der Waals surface area contributed by atoms with Crippen molar-refractivity contribution in [1.29, 1.82) is 0 Å². The van der Waals surface area contributed by atoms with E-state index in [9.17, 15) is 14.4 Å². The number of fused-ring (bicyclic) bond motifs is 4. The number of nitrogens with one attached hydrogen (secondary N) is 1. The smallest absolute Gasteiger partial charge is 0.407 e. The number of nitrogens with zero attached hydrogens (tertiary/aromatic N) is 1. The second-order valence-corrected chi connectivity index (χ2v) is 9.68. The average Bonchev–Trinajstić information content (AvgIpc) is 3.20. The Balaban J connectivity index is 1.10. The van der Waals surface area contributed by atoms with Crippen LogP contribution in [-0.2, 0) is 14.3 Å². The highest BCUT2D eigenvalue weighted by molar-refractivity contribution is 5.80. The molecule has 0 aromatic heterocycles. The maximum atomic E-state index is 12.7. The first kappa shape index (κ1) is 22.4. The zero-order valence-corrected chi connectivity index (χ0v) is 19.3. The molecule has 7 heteroatoms. The Kier molecular flexibility index (Phi) is 6.02. The summed E-state index contributed by atoms with van der Waals surface area (Å²) in [7, 11) is 0. The number of benzene rings is 2. The number of alkyl carbamates (subject to hydrolysis) is 1. The van der Waals surface area contributed by atoms with Crippen LogP contribution in [0.25, 0.3) is 11.1 Å². The quantitative estimate of drug-likeness (QED) is 0.623. The van der Waals surface area contributed by atoms with Crippen LogP contribution in [-0.4, -0.2) is 54.2 Å². The summed E-state index contributed by atoms with van der Waals surface area (Å²) in [6.07, 6.45) is 0.630. The molecule has 3 unspecified atom stereocenters. The normalized spacial score (nSPS) is 23.0. The number of carboxylic acid groups (broad SMARTS) is 1. The van der Waals surface area contributed by atoms with Crippen molar-refractivity contribution < 1.29 is 24.2 Å². The van der Waals surface area contributed by atoms with Gasteiger partial charge in [-0.2, -0.15) is 0 Å². The third kappa shape index (κ3) is 4.15. The number of carbonyl (C=O) groups excluding carboxylic acids is 2. The summed E-state index contributed by atoms with van der Waals surface area (Å²) in [5.41, 5.74) is 4.71. The molecule has 2 aromatic carbocycles. The standard InChI is InChI=1S/C27H30N2O5/c1-2-16(11-24(30)29-13-21-22(14-29)25(21)26(31)32)12-28-27(33)34-15-23-19-9-5-3-7-17(19)18-8-4-6-10-20(18)23/h3-10,16,21-23,25H,2,11-15H2,1H3,(H,28,33)(H,31,32). The van der Waals surface area contributed by atoms with Crippen LogP contribution in [0.15, 0.2) is 48.5 Å². The lowest BCUT2D eigenvalue weighted by Gasteiger charge is -2.22. The minimum absolute atomic E-state index is 0.0120. The molecule has 1 saturated heterocycles. The molecule has 5 rings (SSSR count). The first-order valence-electron chi connectivity index (χ1n) is 12.1. The predicted molar refractivity (Wildman–Crippen MR) is 126 cm³/mol. The van der Waals surface area contributed by atoms with Gasteiger partial charge >= 0.3 is 12.1 Å². The Labute approximate surface area is 199 Å². The summed E-state index contributed by atoms with van der Waals surface area (Å²) in [6, 6.07) is 16.4. The Morgan fingerprint density at radius 1 is 1.03 bits per heavy atom. The molecule has 2 fully saturated rings. The van der Waals surface area contributed by atoms with Crippen LogP contribution in [0.1, 0.15) is 36.8 Å². The highest BCUT2D eigenvalue weighted by Gasteiger charge is 2.60. The number of rotatable bonds is 8. The maximum Gasteiger partial charge on any atom is 0.407 e. The van der Waals surface area contributed by atoms with E-state index in [1.807, 2.05) is 31.2 Å².